The van der Waals surface area contributed by atoms with Gasteiger partial charge in [0.2, 0.25) is 10.0 Å². The monoisotopic (exact) mass is 335 g/mol. The number of hydrogen-bond acceptors (Lipinski definition) is 4. The standard InChI is InChI=1S/C17H21NO4S/c1-14-3-9-17(10-4-14)23(19,20)18-13-15-5-7-16(8-6-15)22-12-11-21-2/h3-10,18H,11-13H2,1-2H3. The molecular formula is C17H21NO4S. The minimum absolute atomic E-state index is 0.231. The number of methoxy groups -OCH3 is 1. The van der Waals surface area contributed by atoms with Crippen LogP contribution in [0.3, 0.4) is 0 Å². The molecule has 0 saturated heterocycles. The third-order valence-electron chi connectivity index (χ3n) is 3.28. The van der Waals surface area contributed by atoms with Gasteiger partial charge >= 0.3 is 0 Å². The van der Waals surface area contributed by atoms with E-state index in [9.17, 15) is 8.42 Å². The molecule has 0 saturated carbocycles. The normalized spacial score (nSPS) is 11.4. The predicted octanol–water partition coefficient (Wildman–Crippen LogP) is 2.50. The minimum atomic E-state index is -3.50. The van der Waals surface area contributed by atoms with Crippen molar-refractivity contribution in [2.75, 3.05) is 20.3 Å². The van der Waals surface area contributed by atoms with Crippen molar-refractivity contribution in [1.29, 1.82) is 0 Å². The lowest BCUT2D eigenvalue weighted by molar-refractivity contribution is 0.146. The van der Waals surface area contributed by atoms with E-state index in [0.29, 0.717) is 13.2 Å². The van der Waals surface area contributed by atoms with E-state index in [1.807, 2.05) is 31.2 Å². The first-order chi connectivity index (χ1) is 11.0. The van der Waals surface area contributed by atoms with Crippen molar-refractivity contribution in [1.82, 2.24) is 4.72 Å². The van der Waals surface area contributed by atoms with E-state index in [-0.39, 0.29) is 11.4 Å². The lowest BCUT2D eigenvalue weighted by Crippen LogP contribution is -2.23. The summed E-state index contributed by atoms with van der Waals surface area (Å²) in [6.07, 6.45) is 0. The molecule has 2 rings (SSSR count). The molecule has 0 heterocycles. The van der Waals surface area contributed by atoms with Crippen LogP contribution >= 0.6 is 0 Å². The predicted molar refractivity (Wildman–Crippen MR) is 89.0 cm³/mol. The molecule has 2 aromatic rings. The fraction of sp³-hybridized carbons (Fsp3) is 0.294. The Labute approximate surface area is 137 Å². The lowest BCUT2D eigenvalue weighted by Gasteiger charge is -2.09. The summed E-state index contributed by atoms with van der Waals surface area (Å²) in [5.74, 6) is 0.729. The number of benzene rings is 2. The zero-order chi connectivity index (χ0) is 16.7. The average Bonchev–Trinajstić information content (AvgIpc) is 2.55. The average molecular weight is 335 g/mol. The van der Waals surface area contributed by atoms with Crippen molar-refractivity contribution in [2.45, 2.75) is 18.4 Å². The van der Waals surface area contributed by atoms with Gasteiger partial charge in [-0.25, -0.2) is 13.1 Å². The molecule has 23 heavy (non-hydrogen) atoms. The van der Waals surface area contributed by atoms with Crippen molar-refractivity contribution in [3.63, 3.8) is 0 Å². The Bertz CT molecular complexity index is 709. The van der Waals surface area contributed by atoms with Crippen LogP contribution in [0.25, 0.3) is 0 Å². The molecule has 0 atom stereocenters. The molecule has 0 aliphatic rings. The summed E-state index contributed by atoms with van der Waals surface area (Å²) in [4.78, 5) is 0.266. The maximum absolute atomic E-state index is 12.2. The fourth-order valence-electron chi connectivity index (χ4n) is 1.93. The SMILES string of the molecule is COCCOc1ccc(CNS(=O)(=O)c2ccc(C)cc2)cc1. The molecule has 0 radical (unpaired) electrons. The molecule has 5 nitrogen and oxygen atoms in total. The van der Waals surface area contributed by atoms with Crippen molar-refractivity contribution in [3.8, 4) is 5.75 Å². The second kappa shape index (κ2) is 8.10. The molecule has 0 aliphatic heterocycles. The van der Waals surface area contributed by atoms with Crippen LogP contribution in [0, 0.1) is 6.92 Å². The van der Waals surface area contributed by atoms with Crippen LogP contribution in [0.15, 0.2) is 53.4 Å². The lowest BCUT2D eigenvalue weighted by atomic mass is 10.2. The van der Waals surface area contributed by atoms with Crippen LogP contribution in [0.2, 0.25) is 0 Å². The maximum Gasteiger partial charge on any atom is 0.240 e. The Morgan fingerprint density at radius 1 is 0.957 bits per heavy atom. The van der Waals surface area contributed by atoms with Crippen LogP contribution in [0.5, 0.6) is 5.75 Å². The Balaban J connectivity index is 1.93. The fourth-order valence-corrected chi connectivity index (χ4v) is 2.94. The molecule has 1 N–H and O–H groups in total. The van der Waals surface area contributed by atoms with Crippen molar-refractivity contribution in [3.05, 3.63) is 59.7 Å². The summed E-state index contributed by atoms with van der Waals surface area (Å²) in [6.45, 7) is 3.16. The van der Waals surface area contributed by atoms with Crippen molar-refractivity contribution < 1.29 is 17.9 Å². The van der Waals surface area contributed by atoms with E-state index in [0.717, 1.165) is 16.9 Å². The molecule has 0 aliphatic carbocycles. The van der Waals surface area contributed by atoms with E-state index in [1.54, 1.807) is 31.4 Å². The Hall–Kier alpha value is -1.89. The smallest absolute Gasteiger partial charge is 0.240 e. The van der Waals surface area contributed by atoms with Gasteiger partial charge in [-0.3, -0.25) is 0 Å². The molecule has 0 spiro atoms. The van der Waals surface area contributed by atoms with E-state index >= 15 is 0 Å². The number of sulfonamides is 1. The number of ether oxygens (including phenoxy) is 2. The van der Waals surface area contributed by atoms with Crippen LogP contribution < -0.4 is 9.46 Å². The van der Waals surface area contributed by atoms with Gasteiger partial charge in [0.15, 0.2) is 0 Å². The second-order valence-corrected chi connectivity index (χ2v) is 6.89. The first kappa shape index (κ1) is 17.5. The molecule has 2 aromatic carbocycles. The van der Waals surface area contributed by atoms with Gasteiger partial charge in [-0.15, -0.1) is 0 Å². The largest absolute Gasteiger partial charge is 0.491 e. The van der Waals surface area contributed by atoms with Gasteiger partial charge in [0, 0.05) is 13.7 Å². The quantitative estimate of drug-likeness (QED) is 0.753. The van der Waals surface area contributed by atoms with Gasteiger partial charge in [0.1, 0.15) is 12.4 Å². The van der Waals surface area contributed by atoms with E-state index in [4.69, 9.17) is 9.47 Å². The highest BCUT2D eigenvalue weighted by Crippen LogP contribution is 2.14. The van der Waals surface area contributed by atoms with Gasteiger partial charge in [0.25, 0.3) is 0 Å². The summed E-state index contributed by atoms with van der Waals surface area (Å²) < 4.78 is 37.4. The van der Waals surface area contributed by atoms with Crippen LogP contribution in [0.1, 0.15) is 11.1 Å². The highest BCUT2D eigenvalue weighted by atomic mass is 32.2. The maximum atomic E-state index is 12.2. The molecule has 0 amide bonds. The molecular weight excluding hydrogens is 314 g/mol. The van der Waals surface area contributed by atoms with E-state index < -0.39 is 10.0 Å². The van der Waals surface area contributed by atoms with Gasteiger partial charge in [-0.2, -0.15) is 0 Å². The second-order valence-electron chi connectivity index (χ2n) is 5.12. The number of hydrogen-bond donors (Lipinski definition) is 1. The third-order valence-corrected chi connectivity index (χ3v) is 4.69. The first-order valence-corrected chi connectivity index (χ1v) is 8.76. The van der Waals surface area contributed by atoms with Gasteiger partial charge in [-0.05, 0) is 36.8 Å². The summed E-state index contributed by atoms with van der Waals surface area (Å²) in [5, 5.41) is 0. The molecule has 6 heteroatoms. The third kappa shape index (κ3) is 5.35. The van der Waals surface area contributed by atoms with Crippen molar-refractivity contribution >= 4 is 10.0 Å². The molecule has 0 aromatic heterocycles. The molecule has 0 unspecified atom stereocenters. The minimum Gasteiger partial charge on any atom is -0.491 e. The first-order valence-electron chi connectivity index (χ1n) is 7.28. The van der Waals surface area contributed by atoms with E-state index in [1.165, 1.54) is 0 Å². The van der Waals surface area contributed by atoms with Gasteiger partial charge < -0.3 is 9.47 Å². The summed E-state index contributed by atoms with van der Waals surface area (Å²) in [7, 11) is -1.88. The molecule has 0 bridgehead atoms. The molecule has 124 valence electrons. The molecule has 0 fully saturated rings. The Morgan fingerprint density at radius 3 is 2.22 bits per heavy atom. The summed E-state index contributed by atoms with van der Waals surface area (Å²) in [6, 6.07) is 14.0. The number of rotatable bonds is 8. The van der Waals surface area contributed by atoms with Crippen LogP contribution in [-0.2, 0) is 21.3 Å². The highest BCUT2D eigenvalue weighted by Gasteiger charge is 2.13. The van der Waals surface area contributed by atoms with Crippen molar-refractivity contribution in [2.24, 2.45) is 0 Å². The summed E-state index contributed by atoms with van der Waals surface area (Å²) >= 11 is 0. The Morgan fingerprint density at radius 2 is 1.61 bits per heavy atom. The number of nitrogens with one attached hydrogen (secondary N) is 1. The topological polar surface area (TPSA) is 64.6 Å². The van der Waals surface area contributed by atoms with Gasteiger partial charge in [-0.1, -0.05) is 29.8 Å². The highest BCUT2D eigenvalue weighted by molar-refractivity contribution is 7.89. The van der Waals surface area contributed by atoms with Crippen LogP contribution in [-0.4, -0.2) is 28.7 Å². The summed E-state index contributed by atoms with van der Waals surface area (Å²) in [5.41, 5.74) is 1.88. The Kier molecular flexibility index (Phi) is 6.15. The van der Waals surface area contributed by atoms with Crippen LogP contribution in [0.4, 0.5) is 0 Å². The van der Waals surface area contributed by atoms with Gasteiger partial charge in [0.05, 0.1) is 11.5 Å². The zero-order valence-electron chi connectivity index (χ0n) is 13.3. The number of aryl methyl sites for hydroxylation is 1. The zero-order valence-corrected chi connectivity index (χ0v) is 14.1. The van der Waals surface area contributed by atoms with E-state index in [2.05, 4.69) is 4.72 Å².